The van der Waals surface area contributed by atoms with E-state index in [0.29, 0.717) is 36.1 Å². The van der Waals surface area contributed by atoms with Crippen LogP contribution in [0.25, 0.3) is 0 Å². The lowest BCUT2D eigenvalue weighted by Gasteiger charge is -2.34. The lowest BCUT2D eigenvalue weighted by molar-refractivity contribution is -0.132. The molecule has 0 atom stereocenters. The number of likely N-dealkylation sites (tertiary alicyclic amines) is 1. The molecule has 1 aromatic carbocycles. The zero-order valence-corrected chi connectivity index (χ0v) is 18.9. The molecule has 7 heteroatoms. The fourth-order valence-electron chi connectivity index (χ4n) is 3.44. The number of nitrogens with zero attached hydrogens (tertiary/aromatic N) is 2. The van der Waals surface area contributed by atoms with E-state index < -0.39 is 5.60 Å². The molecule has 6 nitrogen and oxygen atoms in total. The molecule has 0 N–H and O–H groups in total. The lowest BCUT2D eigenvalue weighted by Crippen LogP contribution is -2.43. The molecule has 1 aliphatic rings. The average molecular weight is 425 g/mol. The van der Waals surface area contributed by atoms with Crippen molar-refractivity contribution in [3.8, 4) is 5.75 Å². The quantitative estimate of drug-likeness (QED) is 0.679. The van der Waals surface area contributed by atoms with E-state index in [2.05, 4.69) is 0 Å². The summed E-state index contributed by atoms with van der Waals surface area (Å²) < 4.78 is 10.6. The van der Waals surface area contributed by atoms with E-state index in [1.807, 2.05) is 43.9 Å². The standard InChI is InChI=1S/C22H33ClN2O4/c1-22(2,3)29-21(27)24(4)15-17-10-12-25(13-11-17)20(26)9-7-16-6-8-19(28-5)18(23)14-16/h6,8,14,17H,7,9-13,15H2,1-5H3. The molecule has 0 radical (unpaired) electrons. The Morgan fingerprint density at radius 3 is 2.45 bits per heavy atom. The molecule has 2 rings (SSSR count). The molecule has 0 unspecified atom stereocenters. The Morgan fingerprint density at radius 1 is 1.24 bits per heavy atom. The molecule has 1 aromatic rings. The van der Waals surface area contributed by atoms with Crippen LogP contribution in [0.1, 0.15) is 45.6 Å². The van der Waals surface area contributed by atoms with Gasteiger partial charge in [0, 0.05) is 33.1 Å². The summed E-state index contributed by atoms with van der Waals surface area (Å²) in [5.74, 6) is 1.19. The maximum absolute atomic E-state index is 12.6. The van der Waals surface area contributed by atoms with E-state index in [1.54, 1.807) is 19.1 Å². The number of halogens is 1. The first-order valence-corrected chi connectivity index (χ1v) is 10.5. The van der Waals surface area contributed by atoms with Gasteiger partial charge in [-0.05, 0) is 63.6 Å². The number of rotatable bonds is 6. The Labute approximate surface area is 179 Å². The summed E-state index contributed by atoms with van der Waals surface area (Å²) in [6.07, 6.45) is 2.62. The number of hydrogen-bond acceptors (Lipinski definition) is 4. The maximum atomic E-state index is 12.6. The van der Waals surface area contributed by atoms with Crippen molar-refractivity contribution in [2.45, 2.75) is 52.1 Å². The van der Waals surface area contributed by atoms with Gasteiger partial charge < -0.3 is 19.3 Å². The number of carbonyl (C=O) groups excluding carboxylic acids is 2. The second kappa shape index (κ2) is 10.2. The predicted molar refractivity (Wildman–Crippen MR) is 114 cm³/mol. The van der Waals surface area contributed by atoms with Crippen molar-refractivity contribution in [3.63, 3.8) is 0 Å². The second-order valence-corrected chi connectivity index (χ2v) is 9.06. The molecule has 1 fully saturated rings. The van der Waals surface area contributed by atoms with Crippen molar-refractivity contribution in [1.82, 2.24) is 9.80 Å². The van der Waals surface area contributed by atoms with Gasteiger partial charge in [-0.3, -0.25) is 4.79 Å². The molecule has 1 aliphatic heterocycles. The Morgan fingerprint density at radius 2 is 1.90 bits per heavy atom. The Kier molecular flexibility index (Phi) is 8.20. The van der Waals surface area contributed by atoms with E-state index in [4.69, 9.17) is 21.1 Å². The smallest absolute Gasteiger partial charge is 0.410 e. The Hall–Kier alpha value is -1.95. The number of amides is 2. The zero-order chi connectivity index (χ0) is 21.6. The maximum Gasteiger partial charge on any atom is 0.410 e. The molecule has 0 bridgehead atoms. The SMILES string of the molecule is COc1ccc(CCC(=O)N2CCC(CN(C)C(=O)OC(C)(C)C)CC2)cc1Cl. The molecule has 2 amide bonds. The molecule has 0 saturated carbocycles. The van der Waals surface area contributed by atoms with E-state index in [1.165, 1.54) is 0 Å². The summed E-state index contributed by atoms with van der Waals surface area (Å²) in [6, 6.07) is 5.62. The third-order valence-corrected chi connectivity index (χ3v) is 5.34. The highest BCUT2D eigenvalue weighted by atomic mass is 35.5. The van der Waals surface area contributed by atoms with Crippen LogP contribution in [-0.2, 0) is 16.0 Å². The Bertz CT molecular complexity index is 709. The molecule has 29 heavy (non-hydrogen) atoms. The van der Waals surface area contributed by atoms with Crippen LogP contribution in [0, 0.1) is 5.92 Å². The predicted octanol–water partition coefficient (Wildman–Crippen LogP) is 4.39. The number of piperidine rings is 1. The number of carbonyl (C=O) groups is 2. The lowest BCUT2D eigenvalue weighted by atomic mass is 9.96. The molecule has 0 spiro atoms. The fraction of sp³-hybridized carbons (Fsp3) is 0.636. The van der Waals surface area contributed by atoms with Crippen molar-refractivity contribution in [2.24, 2.45) is 5.92 Å². The normalized spacial score (nSPS) is 15.2. The average Bonchev–Trinajstić information content (AvgIpc) is 2.65. The van der Waals surface area contributed by atoms with Crippen molar-refractivity contribution in [2.75, 3.05) is 33.8 Å². The minimum Gasteiger partial charge on any atom is -0.495 e. The molecular formula is C22H33ClN2O4. The van der Waals surface area contributed by atoms with E-state index in [9.17, 15) is 9.59 Å². The number of ether oxygens (including phenoxy) is 2. The summed E-state index contributed by atoms with van der Waals surface area (Å²) in [5, 5.41) is 0.562. The summed E-state index contributed by atoms with van der Waals surface area (Å²) in [5.41, 5.74) is 0.535. The van der Waals surface area contributed by atoms with Gasteiger partial charge in [0.25, 0.3) is 0 Å². The molecule has 1 heterocycles. The topological polar surface area (TPSA) is 59.1 Å². The van der Waals surface area contributed by atoms with Crippen LogP contribution in [0.5, 0.6) is 5.75 Å². The van der Waals surface area contributed by atoms with Gasteiger partial charge in [-0.2, -0.15) is 0 Å². The first-order chi connectivity index (χ1) is 13.6. The van der Waals surface area contributed by atoms with Crippen LogP contribution in [0.3, 0.4) is 0 Å². The number of hydrogen-bond donors (Lipinski definition) is 0. The largest absolute Gasteiger partial charge is 0.495 e. The molecule has 1 saturated heterocycles. The highest BCUT2D eigenvalue weighted by molar-refractivity contribution is 6.32. The summed E-state index contributed by atoms with van der Waals surface area (Å²) in [7, 11) is 3.35. The molecule has 0 aromatic heterocycles. The van der Waals surface area contributed by atoms with Crippen LogP contribution in [0.15, 0.2) is 18.2 Å². The minimum atomic E-state index is -0.491. The van der Waals surface area contributed by atoms with Gasteiger partial charge in [0.1, 0.15) is 11.4 Å². The van der Waals surface area contributed by atoms with Gasteiger partial charge >= 0.3 is 6.09 Å². The molecule has 0 aliphatic carbocycles. The van der Waals surface area contributed by atoms with E-state index in [-0.39, 0.29) is 12.0 Å². The van der Waals surface area contributed by atoms with Gasteiger partial charge in [-0.15, -0.1) is 0 Å². The highest BCUT2D eigenvalue weighted by Crippen LogP contribution is 2.26. The summed E-state index contributed by atoms with van der Waals surface area (Å²) in [4.78, 5) is 28.2. The number of aryl methyl sites for hydroxylation is 1. The van der Waals surface area contributed by atoms with Crippen molar-refractivity contribution in [1.29, 1.82) is 0 Å². The number of benzene rings is 1. The molecular weight excluding hydrogens is 392 g/mol. The van der Waals surface area contributed by atoms with Crippen LogP contribution < -0.4 is 4.74 Å². The molecule has 162 valence electrons. The van der Waals surface area contributed by atoms with Crippen LogP contribution in [-0.4, -0.2) is 61.2 Å². The van der Waals surface area contributed by atoms with Gasteiger partial charge in [0.2, 0.25) is 5.91 Å². The van der Waals surface area contributed by atoms with Crippen LogP contribution in [0.4, 0.5) is 4.79 Å². The van der Waals surface area contributed by atoms with E-state index >= 15 is 0 Å². The van der Waals surface area contributed by atoms with Crippen molar-refractivity contribution in [3.05, 3.63) is 28.8 Å². The summed E-state index contributed by atoms with van der Waals surface area (Å²) >= 11 is 6.15. The van der Waals surface area contributed by atoms with Gasteiger partial charge in [-0.1, -0.05) is 17.7 Å². The second-order valence-electron chi connectivity index (χ2n) is 8.65. The van der Waals surface area contributed by atoms with Crippen LogP contribution >= 0.6 is 11.6 Å². The van der Waals surface area contributed by atoms with Gasteiger partial charge in [-0.25, -0.2) is 4.79 Å². The highest BCUT2D eigenvalue weighted by Gasteiger charge is 2.26. The fourth-order valence-corrected chi connectivity index (χ4v) is 3.72. The van der Waals surface area contributed by atoms with Crippen molar-refractivity contribution < 1.29 is 19.1 Å². The third kappa shape index (κ3) is 7.42. The van der Waals surface area contributed by atoms with Gasteiger partial charge in [0.15, 0.2) is 0 Å². The Balaban J connectivity index is 1.75. The third-order valence-electron chi connectivity index (χ3n) is 5.05. The van der Waals surface area contributed by atoms with Crippen molar-refractivity contribution >= 4 is 23.6 Å². The first kappa shape index (κ1) is 23.3. The van der Waals surface area contributed by atoms with Crippen LogP contribution in [0.2, 0.25) is 5.02 Å². The van der Waals surface area contributed by atoms with Gasteiger partial charge in [0.05, 0.1) is 12.1 Å². The number of methoxy groups -OCH3 is 1. The zero-order valence-electron chi connectivity index (χ0n) is 18.2. The first-order valence-electron chi connectivity index (χ1n) is 10.1. The monoisotopic (exact) mass is 424 g/mol. The minimum absolute atomic E-state index is 0.163. The summed E-state index contributed by atoms with van der Waals surface area (Å²) in [6.45, 7) is 7.71. The van der Waals surface area contributed by atoms with E-state index in [0.717, 1.165) is 31.5 Å².